The normalized spacial score (nSPS) is 14.6. The van der Waals surface area contributed by atoms with Gasteiger partial charge in [-0.1, -0.05) is 6.07 Å². The summed E-state index contributed by atoms with van der Waals surface area (Å²) < 4.78 is 39.6. The number of ether oxygens (including phenoxy) is 5. The molecule has 1 aliphatic heterocycles. The van der Waals surface area contributed by atoms with Gasteiger partial charge in [-0.05, 0) is 12.1 Å². The number of hydrogen-bond acceptors (Lipinski definition) is 8. The molecule has 0 amide bonds. The third kappa shape index (κ3) is 3.85. The Hall–Kier alpha value is -2.49. The number of rotatable bonds is 6. The fourth-order valence-corrected chi connectivity index (χ4v) is 2.59. The molecule has 142 valence electrons. The van der Waals surface area contributed by atoms with E-state index in [4.69, 9.17) is 18.9 Å². The molecule has 0 aromatic heterocycles. The molecule has 0 radical (unpaired) electrons. The highest BCUT2D eigenvalue weighted by Crippen LogP contribution is 2.31. The summed E-state index contributed by atoms with van der Waals surface area (Å²) in [6.07, 6.45) is -0.739. The van der Waals surface area contributed by atoms with Crippen molar-refractivity contribution in [2.24, 2.45) is 0 Å². The van der Waals surface area contributed by atoms with Crippen molar-refractivity contribution in [2.75, 3.05) is 46.7 Å². The highest BCUT2D eigenvalue weighted by molar-refractivity contribution is 6.03. The Morgan fingerprint density at radius 1 is 1.12 bits per heavy atom. The number of benzene rings is 1. The molecule has 0 saturated heterocycles. The molecule has 26 heavy (non-hydrogen) atoms. The Bertz CT molecular complexity index is 715. The van der Waals surface area contributed by atoms with Crippen LogP contribution in [-0.2, 0) is 33.3 Å². The maximum Gasteiger partial charge on any atom is 0.355 e. The molecule has 0 N–H and O–H groups in total. The van der Waals surface area contributed by atoms with Gasteiger partial charge in [0.25, 0.3) is 0 Å². The van der Waals surface area contributed by atoms with E-state index < -0.39 is 24.0 Å². The van der Waals surface area contributed by atoms with Gasteiger partial charge in [0.05, 0.1) is 32.1 Å². The van der Waals surface area contributed by atoms with E-state index in [1.807, 2.05) is 0 Å². The van der Waals surface area contributed by atoms with E-state index in [-0.39, 0.29) is 30.3 Å². The number of hydrogen-bond donors (Lipinski definition) is 0. The van der Waals surface area contributed by atoms with Gasteiger partial charge >= 0.3 is 11.9 Å². The van der Waals surface area contributed by atoms with Crippen LogP contribution in [0.5, 0.6) is 0 Å². The molecule has 0 spiro atoms. The van der Waals surface area contributed by atoms with Crippen molar-refractivity contribution in [2.45, 2.75) is 6.29 Å². The fraction of sp³-hybridized carbons (Fsp3) is 0.412. The van der Waals surface area contributed by atoms with Crippen molar-refractivity contribution in [3.05, 3.63) is 40.8 Å². The summed E-state index contributed by atoms with van der Waals surface area (Å²) >= 11 is 0. The minimum Gasteiger partial charge on any atom is -0.466 e. The first-order valence-electron chi connectivity index (χ1n) is 7.58. The summed E-state index contributed by atoms with van der Waals surface area (Å²) in [6, 6.07) is 4.23. The molecule has 0 saturated carbocycles. The molecule has 9 heteroatoms. The molecule has 1 aliphatic rings. The molecule has 0 bridgehead atoms. The lowest BCUT2D eigenvalue weighted by Crippen LogP contribution is -2.39. The van der Waals surface area contributed by atoms with Crippen LogP contribution in [0.2, 0.25) is 0 Å². The van der Waals surface area contributed by atoms with Crippen LogP contribution in [-0.4, -0.2) is 53.7 Å². The van der Waals surface area contributed by atoms with Crippen LogP contribution in [0.15, 0.2) is 29.5 Å². The molecule has 1 aromatic rings. The van der Waals surface area contributed by atoms with E-state index in [1.54, 1.807) is 6.07 Å². The summed E-state index contributed by atoms with van der Waals surface area (Å²) in [5, 5.41) is 0. The van der Waals surface area contributed by atoms with E-state index in [2.05, 4.69) is 4.74 Å². The van der Waals surface area contributed by atoms with Crippen LogP contribution in [0.25, 0.3) is 0 Å². The standard InChI is InChI=1S/C17H20FNO7/c1-22-15(20)11-8-26-9-19(14(11)16(21)23-2)13-6-5-10(7-12(13)18)17(24-3)25-4/h5-7,17H,8-9H2,1-4H3. The van der Waals surface area contributed by atoms with Gasteiger partial charge < -0.3 is 28.6 Å². The minimum atomic E-state index is -0.802. The molecule has 1 aromatic carbocycles. The number of carbonyl (C=O) groups is 2. The van der Waals surface area contributed by atoms with Crippen molar-refractivity contribution in [3.8, 4) is 0 Å². The van der Waals surface area contributed by atoms with Gasteiger partial charge in [-0.3, -0.25) is 0 Å². The Morgan fingerprint density at radius 2 is 1.77 bits per heavy atom. The van der Waals surface area contributed by atoms with Crippen LogP contribution in [0.1, 0.15) is 11.9 Å². The number of methoxy groups -OCH3 is 4. The number of carbonyl (C=O) groups excluding carboxylic acids is 2. The van der Waals surface area contributed by atoms with Gasteiger partial charge in [-0.15, -0.1) is 0 Å². The zero-order valence-electron chi connectivity index (χ0n) is 14.9. The van der Waals surface area contributed by atoms with E-state index in [9.17, 15) is 14.0 Å². The monoisotopic (exact) mass is 369 g/mol. The number of anilines is 1. The van der Waals surface area contributed by atoms with Crippen molar-refractivity contribution in [1.82, 2.24) is 0 Å². The summed E-state index contributed by atoms with van der Waals surface area (Å²) in [5.41, 5.74) is 0.292. The largest absolute Gasteiger partial charge is 0.466 e. The molecule has 1 heterocycles. The van der Waals surface area contributed by atoms with Crippen molar-refractivity contribution in [3.63, 3.8) is 0 Å². The molecule has 0 fully saturated rings. The Morgan fingerprint density at radius 3 is 2.31 bits per heavy atom. The zero-order valence-corrected chi connectivity index (χ0v) is 14.9. The first-order valence-corrected chi connectivity index (χ1v) is 7.58. The van der Waals surface area contributed by atoms with Gasteiger partial charge in [0.15, 0.2) is 6.29 Å². The SMILES string of the molecule is COC(=O)C1=C(C(=O)OC)N(c2ccc(C(OC)OC)cc2F)COC1. The van der Waals surface area contributed by atoms with Crippen LogP contribution in [0.4, 0.5) is 10.1 Å². The second-order valence-corrected chi connectivity index (χ2v) is 5.23. The Balaban J connectivity index is 2.51. The third-order valence-corrected chi connectivity index (χ3v) is 3.80. The molecule has 8 nitrogen and oxygen atoms in total. The van der Waals surface area contributed by atoms with Crippen molar-refractivity contribution in [1.29, 1.82) is 0 Å². The smallest absolute Gasteiger partial charge is 0.355 e. The fourth-order valence-electron chi connectivity index (χ4n) is 2.59. The number of esters is 2. The lowest BCUT2D eigenvalue weighted by atomic mass is 10.1. The quantitative estimate of drug-likeness (QED) is 0.551. The second-order valence-electron chi connectivity index (χ2n) is 5.23. The topological polar surface area (TPSA) is 83.5 Å². The van der Waals surface area contributed by atoms with E-state index in [1.165, 1.54) is 45.5 Å². The van der Waals surface area contributed by atoms with E-state index >= 15 is 0 Å². The summed E-state index contributed by atoms with van der Waals surface area (Å²) in [4.78, 5) is 25.4. The van der Waals surface area contributed by atoms with E-state index in [0.717, 1.165) is 0 Å². The van der Waals surface area contributed by atoms with E-state index in [0.29, 0.717) is 5.56 Å². The highest BCUT2D eigenvalue weighted by Gasteiger charge is 2.33. The number of nitrogens with zero attached hydrogens (tertiary/aromatic N) is 1. The Labute approximate surface area is 150 Å². The lowest BCUT2D eigenvalue weighted by Gasteiger charge is -2.31. The number of halogens is 1. The van der Waals surface area contributed by atoms with Gasteiger partial charge in [-0.25, -0.2) is 14.0 Å². The molecule has 0 atom stereocenters. The molecule has 0 unspecified atom stereocenters. The summed E-state index contributed by atoms with van der Waals surface area (Å²) in [6.45, 7) is -0.290. The molecule has 0 aliphatic carbocycles. The maximum absolute atomic E-state index is 14.7. The average Bonchev–Trinajstić information content (AvgIpc) is 2.67. The highest BCUT2D eigenvalue weighted by atomic mass is 19.1. The molecular formula is C17H20FNO7. The van der Waals surface area contributed by atoms with Crippen molar-refractivity contribution < 1.29 is 37.7 Å². The zero-order chi connectivity index (χ0) is 19.3. The van der Waals surface area contributed by atoms with Gasteiger partial charge in [0.2, 0.25) is 0 Å². The molecular weight excluding hydrogens is 349 g/mol. The maximum atomic E-state index is 14.7. The van der Waals surface area contributed by atoms with Gasteiger partial charge in [0, 0.05) is 19.8 Å². The second kappa shape index (κ2) is 8.75. The molecule has 2 rings (SSSR count). The minimum absolute atomic E-state index is 0.0289. The summed E-state index contributed by atoms with van der Waals surface area (Å²) in [7, 11) is 5.20. The average molecular weight is 369 g/mol. The Kier molecular flexibility index (Phi) is 6.67. The van der Waals surface area contributed by atoms with Crippen LogP contribution in [0, 0.1) is 5.82 Å². The first-order chi connectivity index (χ1) is 12.5. The van der Waals surface area contributed by atoms with Crippen LogP contribution >= 0.6 is 0 Å². The lowest BCUT2D eigenvalue weighted by molar-refractivity contribution is -0.140. The third-order valence-electron chi connectivity index (χ3n) is 3.80. The predicted octanol–water partition coefficient (Wildman–Crippen LogP) is 1.51. The first kappa shape index (κ1) is 19.8. The van der Waals surface area contributed by atoms with Crippen LogP contribution in [0.3, 0.4) is 0 Å². The van der Waals surface area contributed by atoms with Crippen LogP contribution < -0.4 is 4.90 Å². The van der Waals surface area contributed by atoms with Crippen molar-refractivity contribution >= 4 is 17.6 Å². The van der Waals surface area contributed by atoms with Gasteiger partial charge in [0.1, 0.15) is 18.2 Å². The van der Waals surface area contributed by atoms with Gasteiger partial charge in [-0.2, -0.15) is 0 Å². The summed E-state index contributed by atoms with van der Waals surface area (Å²) in [5.74, 6) is -2.22. The predicted molar refractivity (Wildman–Crippen MR) is 87.5 cm³/mol.